The Kier molecular flexibility index (Phi) is 5.38. The van der Waals surface area contributed by atoms with Crippen LogP contribution in [0.4, 0.5) is 10.5 Å². The molecule has 3 rings (SSSR count). The van der Waals surface area contributed by atoms with Crippen molar-refractivity contribution in [2.45, 2.75) is 13.5 Å². The Morgan fingerprint density at radius 1 is 1.08 bits per heavy atom. The molecule has 0 unspecified atom stereocenters. The minimum atomic E-state index is -0.0627. The van der Waals surface area contributed by atoms with Gasteiger partial charge in [-0.2, -0.15) is 0 Å². The average Bonchev–Trinajstić information content (AvgIpc) is 2.57. The summed E-state index contributed by atoms with van der Waals surface area (Å²) in [4.78, 5) is 16.6. The van der Waals surface area contributed by atoms with Crippen molar-refractivity contribution < 1.29 is 4.79 Å². The summed E-state index contributed by atoms with van der Waals surface area (Å²) in [5.74, 6) is 0. The molecule has 24 heavy (non-hydrogen) atoms. The SMILES string of the molecule is Cc1ccc(CN2CCN(C(=O)Nc3cccc(Cl)c3)CC2)cc1. The molecule has 0 aliphatic carbocycles. The van der Waals surface area contributed by atoms with Gasteiger partial charge in [0.05, 0.1) is 0 Å². The van der Waals surface area contributed by atoms with Crippen LogP contribution < -0.4 is 5.32 Å². The molecule has 2 aromatic rings. The van der Waals surface area contributed by atoms with Crippen molar-refractivity contribution in [2.75, 3.05) is 31.5 Å². The van der Waals surface area contributed by atoms with Gasteiger partial charge in [0.1, 0.15) is 0 Å². The van der Waals surface area contributed by atoms with Crippen LogP contribution in [0, 0.1) is 6.92 Å². The normalized spacial score (nSPS) is 15.3. The lowest BCUT2D eigenvalue weighted by Gasteiger charge is -2.34. The number of halogens is 1. The highest BCUT2D eigenvalue weighted by molar-refractivity contribution is 6.30. The van der Waals surface area contributed by atoms with Gasteiger partial charge in [-0.1, -0.05) is 47.5 Å². The van der Waals surface area contributed by atoms with Crippen LogP contribution in [0.2, 0.25) is 5.02 Å². The number of nitrogens with one attached hydrogen (secondary N) is 1. The van der Waals surface area contributed by atoms with Crippen LogP contribution in [-0.4, -0.2) is 42.0 Å². The average molecular weight is 344 g/mol. The monoisotopic (exact) mass is 343 g/mol. The molecule has 126 valence electrons. The predicted octanol–water partition coefficient (Wildman–Crippen LogP) is 4.00. The zero-order valence-corrected chi connectivity index (χ0v) is 14.6. The van der Waals surface area contributed by atoms with Crippen LogP contribution in [0.15, 0.2) is 48.5 Å². The standard InChI is InChI=1S/C19H22ClN3O/c1-15-5-7-16(8-6-15)14-22-9-11-23(12-10-22)19(24)21-18-4-2-3-17(20)13-18/h2-8,13H,9-12,14H2,1H3,(H,21,24). The number of urea groups is 1. The number of amides is 2. The quantitative estimate of drug-likeness (QED) is 0.914. The maximum atomic E-state index is 12.3. The van der Waals surface area contributed by atoms with Crippen LogP contribution in [0.25, 0.3) is 0 Å². The molecule has 1 saturated heterocycles. The first-order valence-corrected chi connectivity index (χ1v) is 8.57. The summed E-state index contributed by atoms with van der Waals surface area (Å²) in [6, 6.07) is 15.8. The third-order valence-corrected chi connectivity index (χ3v) is 4.50. The topological polar surface area (TPSA) is 35.6 Å². The van der Waals surface area contributed by atoms with Crippen molar-refractivity contribution >= 4 is 23.3 Å². The van der Waals surface area contributed by atoms with E-state index < -0.39 is 0 Å². The number of hydrogen-bond acceptors (Lipinski definition) is 2. The fourth-order valence-electron chi connectivity index (χ4n) is 2.83. The maximum absolute atomic E-state index is 12.3. The smallest absolute Gasteiger partial charge is 0.321 e. The van der Waals surface area contributed by atoms with Gasteiger partial charge < -0.3 is 10.2 Å². The fourth-order valence-corrected chi connectivity index (χ4v) is 3.02. The number of carbonyl (C=O) groups is 1. The molecular weight excluding hydrogens is 322 g/mol. The van der Waals surface area contributed by atoms with Crippen LogP contribution in [0.3, 0.4) is 0 Å². The summed E-state index contributed by atoms with van der Waals surface area (Å²) in [7, 11) is 0. The van der Waals surface area contributed by atoms with Gasteiger partial charge in [0.15, 0.2) is 0 Å². The molecule has 0 aromatic heterocycles. The molecule has 1 fully saturated rings. The van der Waals surface area contributed by atoms with Crippen LogP contribution in [-0.2, 0) is 6.54 Å². The Balaban J connectivity index is 1.49. The Labute approximate surface area is 148 Å². The Morgan fingerprint density at radius 3 is 2.46 bits per heavy atom. The van der Waals surface area contributed by atoms with Crippen molar-refractivity contribution in [3.05, 3.63) is 64.7 Å². The molecule has 1 aliphatic heterocycles. The lowest BCUT2D eigenvalue weighted by molar-refractivity contribution is 0.143. The number of aryl methyl sites for hydroxylation is 1. The summed E-state index contributed by atoms with van der Waals surface area (Å²) in [6.07, 6.45) is 0. The van der Waals surface area contributed by atoms with Gasteiger partial charge in [-0.05, 0) is 30.7 Å². The molecule has 2 amide bonds. The molecule has 0 bridgehead atoms. The molecule has 0 saturated carbocycles. The molecular formula is C19H22ClN3O. The largest absolute Gasteiger partial charge is 0.322 e. The van der Waals surface area contributed by atoms with Crippen molar-refractivity contribution in [1.29, 1.82) is 0 Å². The third-order valence-electron chi connectivity index (χ3n) is 4.26. The molecule has 4 nitrogen and oxygen atoms in total. The third kappa shape index (κ3) is 4.49. The Morgan fingerprint density at radius 2 is 1.79 bits per heavy atom. The first kappa shape index (κ1) is 16.8. The van der Waals surface area contributed by atoms with E-state index in [2.05, 4.69) is 41.4 Å². The maximum Gasteiger partial charge on any atom is 0.321 e. The summed E-state index contributed by atoms with van der Waals surface area (Å²) in [5.41, 5.74) is 3.33. The lowest BCUT2D eigenvalue weighted by Crippen LogP contribution is -2.49. The molecule has 2 aromatic carbocycles. The number of nitrogens with zero attached hydrogens (tertiary/aromatic N) is 2. The Bertz CT molecular complexity index is 694. The molecule has 0 spiro atoms. The van der Waals surface area contributed by atoms with Crippen molar-refractivity contribution in [2.24, 2.45) is 0 Å². The zero-order valence-electron chi connectivity index (χ0n) is 13.8. The van der Waals surface area contributed by atoms with E-state index in [4.69, 9.17) is 11.6 Å². The lowest BCUT2D eigenvalue weighted by atomic mass is 10.1. The minimum Gasteiger partial charge on any atom is -0.322 e. The molecule has 0 radical (unpaired) electrons. The number of benzene rings is 2. The Hall–Kier alpha value is -2.04. The van der Waals surface area contributed by atoms with Crippen molar-refractivity contribution in [1.82, 2.24) is 9.80 Å². The molecule has 1 N–H and O–H groups in total. The molecule has 5 heteroatoms. The highest BCUT2D eigenvalue weighted by Crippen LogP contribution is 2.16. The summed E-state index contributed by atoms with van der Waals surface area (Å²) < 4.78 is 0. The van der Waals surface area contributed by atoms with Crippen molar-refractivity contribution in [3.63, 3.8) is 0 Å². The number of rotatable bonds is 3. The number of piperazine rings is 1. The number of anilines is 1. The van der Waals surface area contributed by atoms with E-state index in [1.54, 1.807) is 12.1 Å². The summed E-state index contributed by atoms with van der Waals surface area (Å²) in [5, 5.41) is 3.53. The van der Waals surface area contributed by atoms with Crippen LogP contribution >= 0.6 is 11.6 Å². The number of hydrogen-bond donors (Lipinski definition) is 1. The first-order valence-electron chi connectivity index (χ1n) is 8.19. The van der Waals surface area contributed by atoms with Crippen LogP contribution in [0.1, 0.15) is 11.1 Å². The van der Waals surface area contributed by atoms with Gasteiger partial charge in [-0.3, -0.25) is 4.90 Å². The van der Waals surface area contributed by atoms with Gasteiger partial charge in [0.2, 0.25) is 0 Å². The minimum absolute atomic E-state index is 0.0627. The van der Waals surface area contributed by atoms with E-state index in [0.717, 1.165) is 38.4 Å². The van der Waals surface area contributed by atoms with E-state index in [1.165, 1.54) is 11.1 Å². The van der Waals surface area contributed by atoms with Crippen molar-refractivity contribution in [3.8, 4) is 0 Å². The second kappa shape index (κ2) is 7.69. The fraction of sp³-hybridized carbons (Fsp3) is 0.316. The van der Waals surface area contributed by atoms with E-state index >= 15 is 0 Å². The number of carbonyl (C=O) groups excluding carboxylic acids is 1. The van der Waals surface area contributed by atoms with E-state index in [1.807, 2.05) is 17.0 Å². The van der Waals surface area contributed by atoms with Gasteiger partial charge in [0, 0.05) is 43.4 Å². The highest BCUT2D eigenvalue weighted by atomic mass is 35.5. The second-order valence-corrected chi connectivity index (χ2v) is 6.63. The van der Waals surface area contributed by atoms with Gasteiger partial charge in [-0.15, -0.1) is 0 Å². The highest BCUT2D eigenvalue weighted by Gasteiger charge is 2.21. The molecule has 0 atom stereocenters. The van der Waals surface area contributed by atoms with E-state index in [0.29, 0.717) is 5.02 Å². The van der Waals surface area contributed by atoms with Gasteiger partial charge in [0.25, 0.3) is 0 Å². The van der Waals surface area contributed by atoms with E-state index in [-0.39, 0.29) is 6.03 Å². The second-order valence-electron chi connectivity index (χ2n) is 6.19. The summed E-state index contributed by atoms with van der Waals surface area (Å²) >= 11 is 5.95. The first-order chi connectivity index (χ1) is 11.6. The van der Waals surface area contributed by atoms with Gasteiger partial charge in [-0.25, -0.2) is 4.79 Å². The van der Waals surface area contributed by atoms with E-state index in [9.17, 15) is 4.79 Å². The predicted molar refractivity (Wildman–Crippen MR) is 98.5 cm³/mol. The van der Waals surface area contributed by atoms with Crippen LogP contribution in [0.5, 0.6) is 0 Å². The molecule has 1 aliphatic rings. The summed E-state index contributed by atoms with van der Waals surface area (Å²) in [6.45, 7) is 6.27. The molecule has 1 heterocycles. The van der Waals surface area contributed by atoms with Gasteiger partial charge >= 0.3 is 6.03 Å². The zero-order chi connectivity index (χ0) is 16.9.